The molecule has 0 aliphatic carbocycles. The second kappa shape index (κ2) is 56.9. The topological polar surface area (TPSA) is 78.9 Å². The maximum absolute atomic E-state index is 12.9. The van der Waals surface area contributed by atoms with Gasteiger partial charge in [0.2, 0.25) is 0 Å². The number of carbonyl (C=O) groups excluding carboxylic acids is 3. The lowest BCUT2D eigenvalue weighted by molar-refractivity contribution is -0.167. The molecule has 0 heterocycles. The standard InChI is InChI=1S/C63H106O6/c1-4-7-10-13-16-19-22-25-28-30-31-33-36-39-42-45-48-51-54-57-63(66)69-60(58-67-61(64)55-52-49-46-43-40-37-34-27-24-21-18-15-12-9-6-3)59-68-62(65)56-53-50-47-44-41-38-35-32-29-26-23-20-17-14-11-8-5-2/h16-17,19-20,25-29,31,33-35,38-39,42,60H,4-15,18,21-24,30,32,36-37,40-41,43-59H2,1-3H3/b19-16-,20-17-,28-25-,29-26-,33-31-,34-27-,38-35-,42-39-/t60-/m0/s1. The zero-order chi connectivity index (χ0) is 50.0. The van der Waals surface area contributed by atoms with E-state index < -0.39 is 6.10 Å². The van der Waals surface area contributed by atoms with Crippen LogP contribution in [-0.2, 0) is 28.6 Å². The Bertz CT molecular complexity index is 1380. The number of allylic oxidation sites excluding steroid dienone is 16. The Morgan fingerprint density at radius 1 is 0.290 bits per heavy atom. The predicted molar refractivity (Wildman–Crippen MR) is 297 cm³/mol. The molecule has 6 heteroatoms. The lowest BCUT2D eigenvalue weighted by atomic mass is 10.1. The second-order valence-electron chi connectivity index (χ2n) is 18.8. The minimum absolute atomic E-state index is 0.103. The van der Waals surface area contributed by atoms with E-state index in [2.05, 4.69) is 118 Å². The first-order chi connectivity index (χ1) is 34.0. The fraction of sp³-hybridized carbons (Fsp3) is 0.698. The summed E-state index contributed by atoms with van der Waals surface area (Å²) in [5.74, 6) is -0.962. The molecule has 0 aromatic carbocycles. The molecule has 0 aromatic heterocycles. The predicted octanol–water partition coefficient (Wildman–Crippen LogP) is 19.3. The molecule has 0 N–H and O–H groups in total. The normalized spacial score (nSPS) is 12.8. The van der Waals surface area contributed by atoms with Crippen molar-refractivity contribution in [3.8, 4) is 0 Å². The van der Waals surface area contributed by atoms with Crippen molar-refractivity contribution in [2.45, 2.75) is 271 Å². The van der Waals surface area contributed by atoms with Crippen molar-refractivity contribution in [3.05, 3.63) is 97.2 Å². The summed E-state index contributed by atoms with van der Waals surface area (Å²) < 4.78 is 16.8. The van der Waals surface area contributed by atoms with Crippen molar-refractivity contribution >= 4 is 17.9 Å². The van der Waals surface area contributed by atoms with Gasteiger partial charge in [-0.05, 0) is 128 Å². The monoisotopic (exact) mass is 959 g/mol. The van der Waals surface area contributed by atoms with Crippen LogP contribution >= 0.6 is 0 Å². The Morgan fingerprint density at radius 2 is 0.522 bits per heavy atom. The molecule has 394 valence electrons. The highest BCUT2D eigenvalue weighted by Crippen LogP contribution is 2.13. The van der Waals surface area contributed by atoms with Crippen LogP contribution in [0.1, 0.15) is 265 Å². The van der Waals surface area contributed by atoms with Crippen LogP contribution in [0, 0.1) is 0 Å². The van der Waals surface area contributed by atoms with Gasteiger partial charge in [-0.2, -0.15) is 0 Å². The largest absolute Gasteiger partial charge is 0.462 e. The van der Waals surface area contributed by atoms with Gasteiger partial charge in [-0.1, -0.05) is 214 Å². The van der Waals surface area contributed by atoms with Crippen molar-refractivity contribution in [2.75, 3.05) is 13.2 Å². The van der Waals surface area contributed by atoms with Crippen LogP contribution < -0.4 is 0 Å². The summed E-state index contributed by atoms with van der Waals surface area (Å²) in [7, 11) is 0. The Balaban J connectivity index is 4.51. The number of ether oxygens (including phenoxy) is 3. The minimum atomic E-state index is -0.809. The van der Waals surface area contributed by atoms with E-state index >= 15 is 0 Å². The minimum Gasteiger partial charge on any atom is -0.462 e. The Kier molecular flexibility index (Phi) is 53.9. The number of hydrogen-bond donors (Lipinski definition) is 0. The molecule has 0 saturated heterocycles. The van der Waals surface area contributed by atoms with E-state index in [9.17, 15) is 14.4 Å². The van der Waals surface area contributed by atoms with Gasteiger partial charge in [-0.25, -0.2) is 0 Å². The maximum Gasteiger partial charge on any atom is 0.306 e. The lowest BCUT2D eigenvalue weighted by Crippen LogP contribution is -2.30. The van der Waals surface area contributed by atoms with E-state index in [1.807, 2.05) is 0 Å². The Hall–Kier alpha value is -3.67. The molecule has 0 aliphatic heterocycles. The van der Waals surface area contributed by atoms with Gasteiger partial charge < -0.3 is 14.2 Å². The zero-order valence-electron chi connectivity index (χ0n) is 45.0. The quantitative estimate of drug-likeness (QED) is 0.0262. The third kappa shape index (κ3) is 55.1. The number of hydrogen-bond acceptors (Lipinski definition) is 6. The molecule has 0 amide bonds. The van der Waals surface area contributed by atoms with Crippen molar-refractivity contribution in [2.24, 2.45) is 0 Å². The van der Waals surface area contributed by atoms with Crippen molar-refractivity contribution in [3.63, 3.8) is 0 Å². The van der Waals surface area contributed by atoms with Crippen molar-refractivity contribution < 1.29 is 28.6 Å². The van der Waals surface area contributed by atoms with Crippen LogP contribution in [0.5, 0.6) is 0 Å². The highest BCUT2D eigenvalue weighted by Gasteiger charge is 2.19. The van der Waals surface area contributed by atoms with Crippen LogP contribution in [0.4, 0.5) is 0 Å². The highest BCUT2D eigenvalue weighted by molar-refractivity contribution is 5.71. The van der Waals surface area contributed by atoms with Crippen LogP contribution in [0.25, 0.3) is 0 Å². The smallest absolute Gasteiger partial charge is 0.306 e. The third-order valence-electron chi connectivity index (χ3n) is 12.0. The van der Waals surface area contributed by atoms with E-state index in [1.165, 1.54) is 103 Å². The fourth-order valence-corrected chi connectivity index (χ4v) is 7.66. The molecular weight excluding hydrogens is 853 g/mol. The van der Waals surface area contributed by atoms with Gasteiger partial charge in [-0.15, -0.1) is 0 Å². The van der Waals surface area contributed by atoms with Gasteiger partial charge in [0, 0.05) is 19.3 Å². The first-order valence-corrected chi connectivity index (χ1v) is 28.7. The summed E-state index contributed by atoms with van der Waals surface area (Å²) in [6.07, 6.45) is 75.3. The van der Waals surface area contributed by atoms with Crippen LogP contribution in [-0.4, -0.2) is 37.2 Å². The highest BCUT2D eigenvalue weighted by atomic mass is 16.6. The summed E-state index contributed by atoms with van der Waals surface area (Å²) in [6.45, 7) is 6.53. The molecule has 0 aliphatic rings. The maximum atomic E-state index is 12.9. The fourth-order valence-electron chi connectivity index (χ4n) is 7.66. The molecule has 69 heavy (non-hydrogen) atoms. The molecule has 0 bridgehead atoms. The SMILES string of the molecule is CCCCC/C=C\C/C=C\C/C=C\C/C=C\CCCCCC(=O)O[C@H](COC(=O)CCCCCC/C=C\C/C=C\C/C=C\CCCCC)COC(=O)CCCCCCC/C=C\CCCCCCCC. The van der Waals surface area contributed by atoms with Gasteiger partial charge in [0.05, 0.1) is 0 Å². The number of esters is 3. The Morgan fingerprint density at radius 3 is 0.870 bits per heavy atom. The van der Waals surface area contributed by atoms with Gasteiger partial charge in [0.25, 0.3) is 0 Å². The molecule has 0 rings (SSSR count). The second-order valence-corrected chi connectivity index (χ2v) is 18.8. The molecule has 0 fully saturated rings. The van der Waals surface area contributed by atoms with E-state index in [1.54, 1.807) is 0 Å². The summed E-state index contributed by atoms with van der Waals surface area (Å²) in [6, 6.07) is 0. The molecule has 0 aromatic rings. The van der Waals surface area contributed by atoms with E-state index in [4.69, 9.17) is 14.2 Å². The number of carbonyl (C=O) groups is 3. The van der Waals surface area contributed by atoms with E-state index in [0.717, 1.165) is 122 Å². The third-order valence-corrected chi connectivity index (χ3v) is 12.0. The summed E-state index contributed by atoms with van der Waals surface area (Å²) in [5, 5.41) is 0. The lowest BCUT2D eigenvalue weighted by Gasteiger charge is -2.18. The van der Waals surface area contributed by atoms with E-state index in [0.29, 0.717) is 12.8 Å². The number of rotatable bonds is 51. The van der Waals surface area contributed by atoms with Crippen molar-refractivity contribution in [1.29, 1.82) is 0 Å². The summed E-state index contributed by atoms with van der Waals surface area (Å²) >= 11 is 0. The average Bonchev–Trinajstić information content (AvgIpc) is 3.35. The van der Waals surface area contributed by atoms with E-state index in [-0.39, 0.29) is 37.5 Å². The van der Waals surface area contributed by atoms with Crippen LogP contribution in [0.15, 0.2) is 97.2 Å². The average molecular weight is 960 g/mol. The molecule has 0 unspecified atom stereocenters. The van der Waals surface area contributed by atoms with Gasteiger partial charge in [0.15, 0.2) is 6.10 Å². The molecule has 6 nitrogen and oxygen atoms in total. The van der Waals surface area contributed by atoms with Gasteiger partial charge >= 0.3 is 17.9 Å². The molecule has 0 saturated carbocycles. The Labute approximate surface area is 426 Å². The van der Waals surface area contributed by atoms with Gasteiger partial charge in [-0.3, -0.25) is 14.4 Å². The number of unbranched alkanes of at least 4 members (excludes halogenated alkanes) is 24. The summed E-state index contributed by atoms with van der Waals surface area (Å²) in [5.41, 5.74) is 0. The summed E-state index contributed by atoms with van der Waals surface area (Å²) in [4.78, 5) is 38.2. The molecule has 1 atom stereocenters. The first-order valence-electron chi connectivity index (χ1n) is 28.7. The van der Waals surface area contributed by atoms with Gasteiger partial charge in [0.1, 0.15) is 13.2 Å². The van der Waals surface area contributed by atoms with Crippen LogP contribution in [0.2, 0.25) is 0 Å². The first kappa shape index (κ1) is 65.3. The molecular formula is C63H106O6. The zero-order valence-corrected chi connectivity index (χ0v) is 45.0. The molecule has 0 radical (unpaired) electrons. The van der Waals surface area contributed by atoms with Crippen molar-refractivity contribution in [1.82, 2.24) is 0 Å². The molecule has 0 spiro atoms. The van der Waals surface area contributed by atoms with Crippen LogP contribution in [0.3, 0.4) is 0 Å².